The molecule has 0 radical (unpaired) electrons. The Morgan fingerprint density at radius 1 is 0.857 bits per heavy atom. The second kappa shape index (κ2) is 15.1. The topological polar surface area (TPSA) is 121 Å². The van der Waals surface area contributed by atoms with Crippen LogP contribution in [0.25, 0.3) is 0 Å². The number of rotatable bonds is 3. The van der Waals surface area contributed by atoms with E-state index < -0.39 is 24.1 Å². The molecule has 0 heterocycles. The van der Waals surface area contributed by atoms with E-state index >= 15 is 0 Å². The van der Waals surface area contributed by atoms with E-state index in [0.29, 0.717) is 0 Å². The molecule has 66 valence electrons. The van der Waals surface area contributed by atoms with Crippen LogP contribution in [-0.2, 0) is 9.59 Å². The normalized spacial score (nSPS) is 11.3. The summed E-state index contributed by atoms with van der Waals surface area (Å²) in [5.74, 6) is -4.12. The molecule has 0 aromatic heterocycles. The maximum atomic E-state index is 9.63. The number of carbonyl (C=O) groups is 2. The first kappa shape index (κ1) is 29.8. The number of carboxylic acid groups (broad SMARTS) is 2. The van der Waals surface area contributed by atoms with Crippen molar-refractivity contribution in [3.8, 4) is 0 Å². The summed E-state index contributed by atoms with van der Waals surface area (Å²) in [7, 11) is 0. The van der Waals surface area contributed by atoms with E-state index in [9.17, 15) is 19.8 Å². The van der Waals surface area contributed by atoms with Crippen LogP contribution in [0.4, 0.5) is 0 Å². The first-order valence-corrected chi connectivity index (χ1v) is 2.24. The SMILES string of the molecule is O=C([O-])C(O)C(O)C(=O)[O-].[Cl-].[Na+].[Na+].[Na+]. The molecule has 2 N–H and O–H groups in total. The number of aliphatic hydroxyl groups is 2. The van der Waals surface area contributed by atoms with E-state index in [-0.39, 0.29) is 101 Å². The van der Waals surface area contributed by atoms with Crippen molar-refractivity contribution < 1.29 is 131 Å². The van der Waals surface area contributed by atoms with Crippen LogP contribution in [0, 0.1) is 0 Å². The van der Waals surface area contributed by atoms with Gasteiger partial charge >= 0.3 is 88.7 Å². The van der Waals surface area contributed by atoms with Gasteiger partial charge in [0, 0.05) is 0 Å². The largest absolute Gasteiger partial charge is 1.00 e. The molecular formula is C4H4ClNa3O6. The van der Waals surface area contributed by atoms with Crippen LogP contribution in [0.15, 0.2) is 0 Å². The van der Waals surface area contributed by atoms with Crippen molar-refractivity contribution >= 4 is 11.9 Å². The first-order valence-electron chi connectivity index (χ1n) is 2.24. The third-order valence-corrected chi connectivity index (χ3v) is 0.782. The molecule has 6 nitrogen and oxygen atoms in total. The molecule has 10 heteroatoms. The van der Waals surface area contributed by atoms with Crippen LogP contribution < -0.4 is 111 Å². The number of hydrogen-bond donors (Lipinski definition) is 2. The van der Waals surface area contributed by atoms with Crippen molar-refractivity contribution in [2.45, 2.75) is 12.2 Å². The minimum Gasteiger partial charge on any atom is -1.00 e. The maximum absolute atomic E-state index is 9.63. The zero-order valence-electron chi connectivity index (χ0n) is 8.06. The van der Waals surface area contributed by atoms with Crippen molar-refractivity contribution in [2.75, 3.05) is 0 Å². The molecule has 0 amide bonds. The third kappa shape index (κ3) is 12.2. The predicted octanol–water partition coefficient (Wildman–Crippen LogP) is -16.8. The summed E-state index contributed by atoms with van der Waals surface area (Å²) in [6.45, 7) is 0. The molecule has 0 fully saturated rings. The quantitative estimate of drug-likeness (QED) is 0.481. The fourth-order valence-corrected chi connectivity index (χ4v) is 0.258. The average molecular weight is 252 g/mol. The fraction of sp³-hybridized carbons (Fsp3) is 0.500. The van der Waals surface area contributed by atoms with Gasteiger partial charge in [-0.3, -0.25) is 0 Å². The Kier molecular flexibility index (Phi) is 32.3. The molecule has 0 saturated heterocycles. The molecule has 0 aliphatic heterocycles. The molecule has 0 aliphatic rings. The summed E-state index contributed by atoms with van der Waals surface area (Å²) in [5.41, 5.74) is 0. The summed E-state index contributed by atoms with van der Waals surface area (Å²) in [6.07, 6.45) is -4.88. The van der Waals surface area contributed by atoms with Gasteiger partial charge in [0.1, 0.15) is 12.2 Å². The molecule has 0 saturated carbocycles. The zero-order chi connectivity index (χ0) is 8.31. The smallest absolute Gasteiger partial charge is 1.00 e. The summed E-state index contributed by atoms with van der Waals surface area (Å²) < 4.78 is 0. The summed E-state index contributed by atoms with van der Waals surface area (Å²) >= 11 is 0. The number of halogens is 1. The van der Waals surface area contributed by atoms with Gasteiger partial charge in [-0.25, -0.2) is 0 Å². The van der Waals surface area contributed by atoms with E-state index in [2.05, 4.69) is 0 Å². The Balaban J connectivity index is -0.0000000675. The summed E-state index contributed by atoms with van der Waals surface area (Å²) in [4.78, 5) is 19.3. The van der Waals surface area contributed by atoms with Gasteiger partial charge in [0.05, 0.1) is 11.9 Å². The monoisotopic (exact) mass is 252 g/mol. The van der Waals surface area contributed by atoms with Gasteiger partial charge in [-0.2, -0.15) is 0 Å². The molecule has 0 aromatic carbocycles. The van der Waals surface area contributed by atoms with Crippen LogP contribution in [0.2, 0.25) is 0 Å². The van der Waals surface area contributed by atoms with E-state index in [1.54, 1.807) is 0 Å². The summed E-state index contributed by atoms with van der Waals surface area (Å²) in [6, 6.07) is 0. The minimum absolute atomic E-state index is 0. The van der Waals surface area contributed by atoms with Crippen LogP contribution >= 0.6 is 0 Å². The third-order valence-electron chi connectivity index (χ3n) is 0.782. The molecule has 0 aromatic rings. The Hall–Kier alpha value is 2.15. The van der Waals surface area contributed by atoms with Crippen molar-refractivity contribution in [1.82, 2.24) is 0 Å². The zero-order valence-corrected chi connectivity index (χ0v) is 14.8. The van der Waals surface area contributed by atoms with Crippen LogP contribution in [0.5, 0.6) is 0 Å². The number of carboxylic acids is 2. The van der Waals surface area contributed by atoms with Crippen LogP contribution in [0.1, 0.15) is 0 Å². The number of aliphatic carboxylic acids is 2. The number of carbonyl (C=O) groups excluding carboxylic acids is 2. The van der Waals surface area contributed by atoms with E-state index in [1.807, 2.05) is 0 Å². The number of aliphatic hydroxyl groups excluding tert-OH is 2. The van der Waals surface area contributed by atoms with E-state index in [4.69, 9.17) is 10.2 Å². The Bertz CT molecular complexity index is 149. The standard InChI is InChI=1S/C4H6O6.ClH.3Na/c5-1(3(7)8)2(6)4(9)10;;;;/h1-2,5-6H,(H,7,8)(H,9,10);1H;;;/q;;3*+1/p-3. The number of hydrogen-bond acceptors (Lipinski definition) is 6. The molecular weight excluding hydrogens is 248 g/mol. The molecule has 0 spiro atoms. The molecule has 0 rings (SSSR count). The fourth-order valence-electron chi connectivity index (χ4n) is 0.258. The van der Waals surface area contributed by atoms with Gasteiger partial charge < -0.3 is 42.4 Å². The van der Waals surface area contributed by atoms with Gasteiger partial charge in [0.2, 0.25) is 0 Å². The van der Waals surface area contributed by atoms with Gasteiger partial charge in [0.15, 0.2) is 0 Å². The van der Waals surface area contributed by atoms with Gasteiger partial charge in [-0.15, -0.1) is 0 Å². The second-order valence-corrected chi connectivity index (χ2v) is 1.53. The Labute approximate surface area is 153 Å². The molecule has 2 unspecified atom stereocenters. The van der Waals surface area contributed by atoms with Crippen molar-refractivity contribution in [2.24, 2.45) is 0 Å². The van der Waals surface area contributed by atoms with E-state index in [0.717, 1.165) is 0 Å². The first-order chi connectivity index (χ1) is 4.46. The van der Waals surface area contributed by atoms with Crippen LogP contribution in [-0.4, -0.2) is 34.4 Å². The molecule has 2 atom stereocenters. The Morgan fingerprint density at radius 3 is 1.07 bits per heavy atom. The van der Waals surface area contributed by atoms with E-state index in [1.165, 1.54) is 0 Å². The molecule has 0 aliphatic carbocycles. The minimum atomic E-state index is -2.44. The summed E-state index contributed by atoms with van der Waals surface area (Å²) in [5, 5.41) is 35.7. The Morgan fingerprint density at radius 2 is 1.00 bits per heavy atom. The second-order valence-electron chi connectivity index (χ2n) is 1.53. The van der Waals surface area contributed by atoms with Crippen LogP contribution in [0.3, 0.4) is 0 Å². The van der Waals surface area contributed by atoms with Gasteiger partial charge in [0.25, 0.3) is 0 Å². The van der Waals surface area contributed by atoms with Gasteiger partial charge in [-0.1, -0.05) is 0 Å². The van der Waals surface area contributed by atoms with Crippen molar-refractivity contribution in [3.63, 3.8) is 0 Å². The van der Waals surface area contributed by atoms with Crippen molar-refractivity contribution in [3.05, 3.63) is 0 Å². The maximum Gasteiger partial charge on any atom is 1.00 e. The molecule has 14 heavy (non-hydrogen) atoms. The predicted molar refractivity (Wildman–Crippen MR) is 22.0 cm³/mol. The average Bonchev–Trinajstić information content (AvgIpc) is 1.84. The molecule has 0 bridgehead atoms. The van der Waals surface area contributed by atoms with Crippen molar-refractivity contribution in [1.29, 1.82) is 0 Å². The van der Waals surface area contributed by atoms with Gasteiger partial charge in [-0.05, 0) is 0 Å².